The highest BCUT2D eigenvalue weighted by molar-refractivity contribution is 7.18. The molecule has 0 saturated heterocycles. The predicted molar refractivity (Wildman–Crippen MR) is 89.4 cm³/mol. The van der Waals surface area contributed by atoms with E-state index in [1.54, 1.807) is 18.4 Å². The Hall–Kier alpha value is -2.07. The predicted octanol–water partition coefficient (Wildman–Crippen LogP) is 4.79. The summed E-state index contributed by atoms with van der Waals surface area (Å²) in [6, 6.07) is 14.6. The topological polar surface area (TPSA) is 34.1 Å². The summed E-state index contributed by atoms with van der Waals surface area (Å²) < 4.78 is 6.64. The second kappa shape index (κ2) is 5.74. The van der Waals surface area contributed by atoms with E-state index in [1.807, 2.05) is 25.1 Å². The molecule has 1 heterocycles. The zero-order chi connectivity index (χ0) is 14.8. The van der Waals surface area contributed by atoms with Crippen molar-refractivity contribution in [3.05, 3.63) is 53.0 Å². The molecule has 0 spiro atoms. The minimum atomic E-state index is 0.174. The Morgan fingerprint density at radius 1 is 1.19 bits per heavy atom. The van der Waals surface area contributed by atoms with E-state index in [0.717, 1.165) is 27.5 Å². The molecule has 21 heavy (non-hydrogen) atoms. The molecule has 1 aromatic heterocycles. The van der Waals surface area contributed by atoms with Crippen molar-refractivity contribution in [1.29, 1.82) is 0 Å². The standard InChI is InChI=1S/C17H18N2OS/c1-11(14-6-4-5-7-16(14)20-3)18-13-8-9-15-17(10-13)21-12(2)19-15/h4-11,18H,1-3H3. The summed E-state index contributed by atoms with van der Waals surface area (Å²) in [7, 11) is 1.71. The van der Waals surface area contributed by atoms with Gasteiger partial charge >= 0.3 is 0 Å². The third-order valence-corrected chi connectivity index (χ3v) is 4.42. The monoisotopic (exact) mass is 298 g/mol. The molecule has 2 aromatic carbocycles. The van der Waals surface area contributed by atoms with Crippen LogP contribution in [0.2, 0.25) is 0 Å². The van der Waals surface area contributed by atoms with E-state index in [0.29, 0.717) is 0 Å². The second-order valence-corrected chi connectivity index (χ2v) is 6.26. The van der Waals surface area contributed by atoms with Crippen LogP contribution in [0.5, 0.6) is 5.75 Å². The highest BCUT2D eigenvalue weighted by Crippen LogP contribution is 2.30. The van der Waals surface area contributed by atoms with Crippen LogP contribution in [0.3, 0.4) is 0 Å². The maximum absolute atomic E-state index is 5.43. The normalized spacial score (nSPS) is 12.3. The number of hydrogen-bond acceptors (Lipinski definition) is 4. The van der Waals surface area contributed by atoms with Gasteiger partial charge in [0.05, 0.1) is 28.4 Å². The van der Waals surface area contributed by atoms with E-state index in [2.05, 4.69) is 41.5 Å². The molecule has 0 aliphatic carbocycles. The molecule has 3 rings (SSSR count). The number of nitrogens with zero attached hydrogens (tertiary/aromatic N) is 1. The van der Waals surface area contributed by atoms with Crippen molar-refractivity contribution in [2.75, 3.05) is 12.4 Å². The van der Waals surface area contributed by atoms with Gasteiger partial charge in [-0.2, -0.15) is 0 Å². The third-order valence-electron chi connectivity index (χ3n) is 3.48. The molecule has 0 fully saturated rings. The number of rotatable bonds is 4. The van der Waals surface area contributed by atoms with Gasteiger partial charge in [-0.25, -0.2) is 4.98 Å². The van der Waals surface area contributed by atoms with Crippen LogP contribution in [-0.4, -0.2) is 12.1 Å². The largest absolute Gasteiger partial charge is 0.496 e. The van der Waals surface area contributed by atoms with Crippen LogP contribution in [0.15, 0.2) is 42.5 Å². The number of benzene rings is 2. The zero-order valence-corrected chi connectivity index (χ0v) is 13.2. The zero-order valence-electron chi connectivity index (χ0n) is 12.4. The number of methoxy groups -OCH3 is 1. The fraction of sp³-hybridized carbons (Fsp3) is 0.235. The van der Waals surface area contributed by atoms with Crippen molar-refractivity contribution < 1.29 is 4.74 Å². The molecule has 0 radical (unpaired) electrons. The number of nitrogens with one attached hydrogen (secondary N) is 1. The van der Waals surface area contributed by atoms with Crippen LogP contribution in [0, 0.1) is 6.92 Å². The molecule has 0 aliphatic rings. The van der Waals surface area contributed by atoms with Crippen LogP contribution >= 0.6 is 11.3 Å². The van der Waals surface area contributed by atoms with Crippen molar-refractivity contribution in [1.82, 2.24) is 4.98 Å². The molecule has 0 aliphatic heterocycles. The number of anilines is 1. The van der Waals surface area contributed by atoms with E-state index in [4.69, 9.17) is 4.74 Å². The number of fused-ring (bicyclic) bond motifs is 1. The van der Waals surface area contributed by atoms with Crippen LogP contribution in [0.4, 0.5) is 5.69 Å². The Balaban J connectivity index is 1.86. The van der Waals surface area contributed by atoms with E-state index < -0.39 is 0 Å². The van der Waals surface area contributed by atoms with Gasteiger partial charge in [-0.1, -0.05) is 18.2 Å². The van der Waals surface area contributed by atoms with E-state index in [-0.39, 0.29) is 6.04 Å². The summed E-state index contributed by atoms with van der Waals surface area (Å²) in [6.07, 6.45) is 0. The molecule has 1 N–H and O–H groups in total. The molecule has 3 aromatic rings. The minimum absolute atomic E-state index is 0.174. The fourth-order valence-corrected chi connectivity index (χ4v) is 3.35. The Kier molecular flexibility index (Phi) is 3.80. The van der Waals surface area contributed by atoms with Gasteiger partial charge in [-0.15, -0.1) is 11.3 Å². The van der Waals surface area contributed by atoms with Gasteiger partial charge in [-0.3, -0.25) is 0 Å². The van der Waals surface area contributed by atoms with Gasteiger partial charge in [0.25, 0.3) is 0 Å². The summed E-state index contributed by atoms with van der Waals surface area (Å²) in [5.74, 6) is 0.909. The van der Waals surface area contributed by atoms with E-state index >= 15 is 0 Å². The van der Waals surface area contributed by atoms with Crippen molar-refractivity contribution in [3.8, 4) is 5.75 Å². The Morgan fingerprint density at radius 3 is 2.81 bits per heavy atom. The molecule has 0 bridgehead atoms. The number of aryl methyl sites for hydroxylation is 1. The van der Waals surface area contributed by atoms with E-state index in [9.17, 15) is 0 Å². The minimum Gasteiger partial charge on any atom is -0.496 e. The summed E-state index contributed by atoms with van der Waals surface area (Å²) in [5.41, 5.74) is 3.32. The maximum Gasteiger partial charge on any atom is 0.124 e. The van der Waals surface area contributed by atoms with Crippen molar-refractivity contribution in [3.63, 3.8) is 0 Å². The highest BCUT2D eigenvalue weighted by Gasteiger charge is 2.11. The number of ether oxygens (including phenoxy) is 1. The third kappa shape index (κ3) is 2.85. The van der Waals surface area contributed by atoms with E-state index in [1.165, 1.54) is 4.70 Å². The van der Waals surface area contributed by atoms with Gasteiger partial charge in [0, 0.05) is 11.3 Å². The number of thiazole rings is 1. The maximum atomic E-state index is 5.43. The first-order chi connectivity index (χ1) is 10.2. The molecule has 3 nitrogen and oxygen atoms in total. The molecule has 1 atom stereocenters. The molecular weight excluding hydrogens is 280 g/mol. The van der Waals surface area contributed by atoms with Gasteiger partial charge in [-0.05, 0) is 38.1 Å². The number of para-hydroxylation sites is 1. The Labute approximate surface area is 128 Å². The lowest BCUT2D eigenvalue weighted by atomic mass is 10.1. The molecule has 1 unspecified atom stereocenters. The lowest BCUT2D eigenvalue weighted by Crippen LogP contribution is -2.07. The average Bonchev–Trinajstić information content (AvgIpc) is 2.86. The van der Waals surface area contributed by atoms with Gasteiger partial charge in [0.2, 0.25) is 0 Å². The van der Waals surface area contributed by atoms with Crippen molar-refractivity contribution in [2.24, 2.45) is 0 Å². The first kappa shape index (κ1) is 13.9. The lowest BCUT2D eigenvalue weighted by molar-refractivity contribution is 0.408. The summed E-state index contributed by atoms with van der Waals surface area (Å²) >= 11 is 1.72. The van der Waals surface area contributed by atoms with Crippen molar-refractivity contribution >= 4 is 27.2 Å². The van der Waals surface area contributed by atoms with Gasteiger partial charge in [0.15, 0.2) is 0 Å². The second-order valence-electron chi connectivity index (χ2n) is 5.02. The highest BCUT2D eigenvalue weighted by atomic mass is 32.1. The van der Waals surface area contributed by atoms with Crippen LogP contribution in [0.1, 0.15) is 23.5 Å². The van der Waals surface area contributed by atoms with Gasteiger partial charge in [0.1, 0.15) is 5.75 Å². The fourth-order valence-electron chi connectivity index (χ4n) is 2.48. The number of aromatic nitrogens is 1. The van der Waals surface area contributed by atoms with Crippen LogP contribution < -0.4 is 10.1 Å². The molecule has 4 heteroatoms. The van der Waals surface area contributed by atoms with Crippen molar-refractivity contribution in [2.45, 2.75) is 19.9 Å². The molecule has 0 saturated carbocycles. The number of hydrogen-bond donors (Lipinski definition) is 1. The molecule has 0 amide bonds. The smallest absolute Gasteiger partial charge is 0.124 e. The SMILES string of the molecule is COc1ccccc1C(C)Nc1ccc2nc(C)sc2c1. The Bertz CT molecular complexity index is 766. The first-order valence-corrected chi connectivity index (χ1v) is 7.75. The summed E-state index contributed by atoms with van der Waals surface area (Å²) in [5, 5.41) is 4.63. The Morgan fingerprint density at radius 2 is 2.00 bits per heavy atom. The first-order valence-electron chi connectivity index (χ1n) is 6.94. The summed E-state index contributed by atoms with van der Waals surface area (Å²) in [4.78, 5) is 4.49. The van der Waals surface area contributed by atoms with Gasteiger partial charge < -0.3 is 10.1 Å². The quantitative estimate of drug-likeness (QED) is 0.752. The van der Waals surface area contributed by atoms with Crippen LogP contribution in [0.25, 0.3) is 10.2 Å². The summed E-state index contributed by atoms with van der Waals surface area (Å²) in [6.45, 7) is 4.18. The lowest BCUT2D eigenvalue weighted by Gasteiger charge is -2.18. The molecular formula is C17H18N2OS. The average molecular weight is 298 g/mol. The van der Waals surface area contributed by atoms with Crippen LogP contribution in [-0.2, 0) is 0 Å². The molecule has 108 valence electrons.